The standard InChI is InChI=1S/C13H15BrN2O/c1-10(2)16-9-15-7-12(16)8-17-13-5-3-4-11(14)6-13/h3-7,9-10H,8H2,1-2H3. The number of halogens is 1. The molecule has 0 amide bonds. The van der Waals surface area contributed by atoms with Crippen molar-refractivity contribution in [3.05, 3.63) is 47.0 Å². The first-order valence-corrected chi connectivity index (χ1v) is 6.35. The van der Waals surface area contributed by atoms with Gasteiger partial charge in [0, 0.05) is 10.5 Å². The second kappa shape index (κ2) is 5.36. The number of hydrogen-bond acceptors (Lipinski definition) is 2. The SMILES string of the molecule is CC(C)n1cncc1COc1cccc(Br)c1. The summed E-state index contributed by atoms with van der Waals surface area (Å²) in [4.78, 5) is 4.15. The Labute approximate surface area is 110 Å². The molecule has 17 heavy (non-hydrogen) atoms. The van der Waals surface area contributed by atoms with Crippen molar-refractivity contribution in [2.75, 3.05) is 0 Å². The summed E-state index contributed by atoms with van der Waals surface area (Å²) < 4.78 is 8.86. The van der Waals surface area contributed by atoms with E-state index in [-0.39, 0.29) is 0 Å². The van der Waals surface area contributed by atoms with Crippen LogP contribution in [0.5, 0.6) is 5.75 Å². The third kappa shape index (κ3) is 3.09. The van der Waals surface area contributed by atoms with Crippen LogP contribution in [0.4, 0.5) is 0 Å². The van der Waals surface area contributed by atoms with E-state index in [9.17, 15) is 0 Å². The molecular weight excluding hydrogens is 280 g/mol. The Balaban J connectivity index is 2.05. The third-order valence-corrected chi connectivity index (χ3v) is 2.98. The topological polar surface area (TPSA) is 27.1 Å². The molecule has 3 nitrogen and oxygen atoms in total. The average molecular weight is 295 g/mol. The second-order valence-corrected chi connectivity index (χ2v) is 5.05. The Morgan fingerprint density at radius 1 is 1.41 bits per heavy atom. The molecule has 0 atom stereocenters. The molecule has 2 aromatic rings. The number of imidazole rings is 1. The molecule has 0 saturated carbocycles. The highest BCUT2D eigenvalue weighted by molar-refractivity contribution is 9.10. The predicted octanol–water partition coefficient (Wildman–Crippen LogP) is 3.81. The zero-order valence-electron chi connectivity index (χ0n) is 9.93. The van der Waals surface area contributed by atoms with Crippen LogP contribution in [0.25, 0.3) is 0 Å². The summed E-state index contributed by atoms with van der Waals surface area (Å²) in [6, 6.07) is 8.24. The van der Waals surface area contributed by atoms with Crippen molar-refractivity contribution in [2.45, 2.75) is 26.5 Å². The van der Waals surface area contributed by atoms with Crippen LogP contribution in [-0.2, 0) is 6.61 Å². The molecule has 90 valence electrons. The van der Waals surface area contributed by atoms with E-state index < -0.39 is 0 Å². The summed E-state index contributed by atoms with van der Waals surface area (Å²) in [7, 11) is 0. The van der Waals surface area contributed by atoms with Crippen molar-refractivity contribution < 1.29 is 4.74 Å². The second-order valence-electron chi connectivity index (χ2n) is 4.13. The van der Waals surface area contributed by atoms with E-state index in [2.05, 4.69) is 39.3 Å². The van der Waals surface area contributed by atoms with E-state index >= 15 is 0 Å². The lowest BCUT2D eigenvalue weighted by molar-refractivity contribution is 0.292. The zero-order chi connectivity index (χ0) is 12.3. The molecule has 0 unspecified atom stereocenters. The molecule has 4 heteroatoms. The highest BCUT2D eigenvalue weighted by Crippen LogP contribution is 2.19. The molecule has 0 aliphatic rings. The van der Waals surface area contributed by atoms with Crippen molar-refractivity contribution in [1.29, 1.82) is 0 Å². The molecule has 0 fully saturated rings. The first-order valence-electron chi connectivity index (χ1n) is 5.56. The van der Waals surface area contributed by atoms with Gasteiger partial charge in [-0.1, -0.05) is 22.0 Å². The van der Waals surface area contributed by atoms with Gasteiger partial charge in [0.25, 0.3) is 0 Å². The lowest BCUT2D eigenvalue weighted by Gasteiger charge is -2.12. The van der Waals surface area contributed by atoms with Gasteiger partial charge in [-0.2, -0.15) is 0 Å². The monoisotopic (exact) mass is 294 g/mol. The van der Waals surface area contributed by atoms with Crippen LogP contribution < -0.4 is 4.74 Å². The summed E-state index contributed by atoms with van der Waals surface area (Å²) >= 11 is 3.42. The van der Waals surface area contributed by atoms with Crippen LogP contribution in [-0.4, -0.2) is 9.55 Å². The Morgan fingerprint density at radius 3 is 2.94 bits per heavy atom. The molecule has 0 saturated heterocycles. The number of benzene rings is 1. The van der Waals surface area contributed by atoms with Crippen LogP contribution >= 0.6 is 15.9 Å². The Hall–Kier alpha value is -1.29. The summed E-state index contributed by atoms with van der Waals surface area (Å²) in [6.07, 6.45) is 3.68. The number of nitrogens with zero attached hydrogens (tertiary/aromatic N) is 2. The Kier molecular flexibility index (Phi) is 3.84. The number of hydrogen-bond donors (Lipinski definition) is 0. The zero-order valence-corrected chi connectivity index (χ0v) is 11.5. The quantitative estimate of drug-likeness (QED) is 0.857. The molecule has 2 rings (SSSR count). The normalized spacial score (nSPS) is 10.8. The molecule has 0 N–H and O–H groups in total. The lowest BCUT2D eigenvalue weighted by atomic mass is 10.3. The van der Waals surface area contributed by atoms with Crippen molar-refractivity contribution in [3.63, 3.8) is 0 Å². The van der Waals surface area contributed by atoms with E-state index in [1.54, 1.807) is 0 Å². The maximum Gasteiger partial charge on any atom is 0.130 e. The molecule has 0 radical (unpaired) electrons. The van der Waals surface area contributed by atoms with Crippen molar-refractivity contribution >= 4 is 15.9 Å². The summed E-state index contributed by atoms with van der Waals surface area (Å²) in [6.45, 7) is 4.79. The fraction of sp³-hybridized carbons (Fsp3) is 0.308. The number of rotatable bonds is 4. The highest BCUT2D eigenvalue weighted by atomic mass is 79.9. The first kappa shape index (κ1) is 12.2. The van der Waals surface area contributed by atoms with Crippen LogP contribution in [0.15, 0.2) is 41.3 Å². The van der Waals surface area contributed by atoms with Crippen LogP contribution in [0.2, 0.25) is 0 Å². The minimum absolute atomic E-state index is 0.401. The van der Waals surface area contributed by atoms with E-state index in [1.165, 1.54) is 0 Å². The van der Waals surface area contributed by atoms with Crippen LogP contribution in [0.1, 0.15) is 25.6 Å². The van der Waals surface area contributed by atoms with Gasteiger partial charge >= 0.3 is 0 Å². The van der Waals surface area contributed by atoms with Gasteiger partial charge in [-0.25, -0.2) is 4.98 Å². The average Bonchev–Trinajstić information content (AvgIpc) is 2.74. The van der Waals surface area contributed by atoms with E-state index in [0.29, 0.717) is 12.6 Å². The highest BCUT2D eigenvalue weighted by Gasteiger charge is 2.05. The summed E-state index contributed by atoms with van der Waals surface area (Å²) in [5.41, 5.74) is 1.08. The van der Waals surface area contributed by atoms with Gasteiger partial charge < -0.3 is 9.30 Å². The van der Waals surface area contributed by atoms with Gasteiger partial charge in [0.15, 0.2) is 0 Å². The minimum atomic E-state index is 0.401. The van der Waals surface area contributed by atoms with E-state index in [0.717, 1.165) is 15.9 Å². The van der Waals surface area contributed by atoms with Gasteiger partial charge in [-0.3, -0.25) is 0 Å². The molecule has 1 aromatic carbocycles. The smallest absolute Gasteiger partial charge is 0.130 e. The molecule has 1 heterocycles. The van der Waals surface area contributed by atoms with Crippen LogP contribution in [0.3, 0.4) is 0 Å². The van der Waals surface area contributed by atoms with Gasteiger partial charge in [-0.05, 0) is 32.0 Å². The molecular formula is C13H15BrN2O. The van der Waals surface area contributed by atoms with Gasteiger partial charge in [0.2, 0.25) is 0 Å². The lowest BCUT2D eigenvalue weighted by Crippen LogP contribution is -2.07. The van der Waals surface area contributed by atoms with Gasteiger partial charge in [-0.15, -0.1) is 0 Å². The molecule has 0 aliphatic carbocycles. The van der Waals surface area contributed by atoms with Crippen molar-refractivity contribution in [3.8, 4) is 5.75 Å². The Morgan fingerprint density at radius 2 is 2.24 bits per heavy atom. The number of aromatic nitrogens is 2. The largest absolute Gasteiger partial charge is 0.487 e. The third-order valence-electron chi connectivity index (χ3n) is 2.49. The number of ether oxygens (including phenoxy) is 1. The van der Waals surface area contributed by atoms with Gasteiger partial charge in [0.05, 0.1) is 18.2 Å². The molecule has 0 aliphatic heterocycles. The molecule has 0 bridgehead atoms. The fourth-order valence-electron chi connectivity index (χ4n) is 1.62. The van der Waals surface area contributed by atoms with E-state index in [4.69, 9.17) is 4.74 Å². The van der Waals surface area contributed by atoms with Gasteiger partial charge in [0.1, 0.15) is 12.4 Å². The fourth-order valence-corrected chi connectivity index (χ4v) is 2.00. The summed E-state index contributed by atoms with van der Waals surface area (Å²) in [5.74, 6) is 0.857. The maximum absolute atomic E-state index is 5.73. The Bertz CT molecular complexity index is 494. The van der Waals surface area contributed by atoms with E-state index in [1.807, 2.05) is 36.8 Å². The molecule has 0 spiro atoms. The van der Waals surface area contributed by atoms with Crippen molar-refractivity contribution in [1.82, 2.24) is 9.55 Å². The minimum Gasteiger partial charge on any atom is -0.487 e. The first-order chi connectivity index (χ1) is 8.16. The summed E-state index contributed by atoms with van der Waals surface area (Å²) in [5, 5.41) is 0. The maximum atomic E-state index is 5.73. The van der Waals surface area contributed by atoms with Crippen LogP contribution in [0, 0.1) is 0 Å². The molecule has 1 aromatic heterocycles. The predicted molar refractivity (Wildman–Crippen MR) is 71.1 cm³/mol. The van der Waals surface area contributed by atoms with Crippen molar-refractivity contribution in [2.24, 2.45) is 0 Å².